The highest BCUT2D eigenvalue weighted by Gasteiger charge is 2.25. The van der Waals surface area contributed by atoms with Crippen LogP contribution >= 0.6 is 0 Å². The molecule has 0 bridgehead atoms. The zero-order valence-electron chi connectivity index (χ0n) is 11.4. The van der Waals surface area contributed by atoms with Crippen LogP contribution in [0.5, 0.6) is 0 Å². The molecule has 0 amide bonds. The van der Waals surface area contributed by atoms with E-state index in [-0.39, 0.29) is 6.10 Å². The third kappa shape index (κ3) is 4.03. The molecule has 1 N–H and O–H groups in total. The van der Waals surface area contributed by atoms with Crippen LogP contribution in [0.4, 0.5) is 0 Å². The van der Waals surface area contributed by atoms with E-state index in [2.05, 4.69) is 35.6 Å². The van der Waals surface area contributed by atoms with Crippen LogP contribution in [0.3, 0.4) is 0 Å². The lowest BCUT2D eigenvalue weighted by atomic mass is 10.1. The van der Waals surface area contributed by atoms with Gasteiger partial charge >= 0.3 is 0 Å². The van der Waals surface area contributed by atoms with Crippen molar-refractivity contribution in [3.05, 3.63) is 35.9 Å². The molecule has 1 atom stereocenters. The predicted octanol–water partition coefficient (Wildman–Crippen LogP) is 2.68. The van der Waals surface area contributed by atoms with Gasteiger partial charge in [0.1, 0.15) is 0 Å². The van der Waals surface area contributed by atoms with E-state index < -0.39 is 0 Å². The van der Waals surface area contributed by atoms with Gasteiger partial charge in [0.2, 0.25) is 0 Å². The second kappa shape index (κ2) is 6.51. The Morgan fingerprint density at radius 1 is 1.11 bits per heavy atom. The number of nitrogens with one attached hydrogen (secondary N) is 1. The lowest BCUT2D eigenvalue weighted by Crippen LogP contribution is -2.31. The lowest BCUT2D eigenvalue weighted by Gasteiger charge is -2.28. The third-order valence-corrected chi connectivity index (χ3v) is 3.87. The van der Waals surface area contributed by atoms with Crippen molar-refractivity contribution >= 4 is 0 Å². The summed E-state index contributed by atoms with van der Waals surface area (Å²) in [5.41, 5.74) is 1.28. The highest BCUT2D eigenvalue weighted by Crippen LogP contribution is 2.25. The van der Waals surface area contributed by atoms with Crippen LogP contribution in [-0.4, -0.2) is 31.9 Å². The van der Waals surface area contributed by atoms with Crippen LogP contribution in [0.1, 0.15) is 37.4 Å². The summed E-state index contributed by atoms with van der Waals surface area (Å²) in [6, 6.07) is 11.3. The molecule has 3 nitrogen and oxygen atoms in total. The Hall–Kier alpha value is -0.900. The number of benzene rings is 1. The van der Waals surface area contributed by atoms with Gasteiger partial charge in [0.25, 0.3) is 0 Å². The van der Waals surface area contributed by atoms with E-state index in [1.54, 1.807) is 0 Å². The highest BCUT2D eigenvalue weighted by molar-refractivity contribution is 5.18. The molecule has 1 aromatic rings. The second-order valence-electron chi connectivity index (χ2n) is 5.53. The molecule has 3 rings (SSSR count). The van der Waals surface area contributed by atoms with Crippen molar-refractivity contribution in [2.75, 3.05) is 19.8 Å². The summed E-state index contributed by atoms with van der Waals surface area (Å²) in [6.45, 7) is 2.59. The van der Waals surface area contributed by atoms with Gasteiger partial charge in [0, 0.05) is 25.8 Å². The summed E-state index contributed by atoms with van der Waals surface area (Å²) in [4.78, 5) is 0. The molecule has 1 aliphatic carbocycles. The van der Waals surface area contributed by atoms with E-state index in [0.29, 0.717) is 6.10 Å². The Labute approximate surface area is 115 Å². The van der Waals surface area contributed by atoms with E-state index in [0.717, 1.165) is 38.6 Å². The average molecular weight is 261 g/mol. The lowest BCUT2D eigenvalue weighted by molar-refractivity contribution is -0.0690. The number of ether oxygens (including phenoxy) is 2. The van der Waals surface area contributed by atoms with E-state index in [4.69, 9.17) is 9.47 Å². The van der Waals surface area contributed by atoms with Crippen molar-refractivity contribution in [2.45, 2.75) is 43.9 Å². The second-order valence-corrected chi connectivity index (χ2v) is 5.53. The summed E-state index contributed by atoms with van der Waals surface area (Å²) in [5.74, 6) is 0. The molecular weight excluding hydrogens is 238 g/mol. The van der Waals surface area contributed by atoms with Gasteiger partial charge in [0.15, 0.2) is 0 Å². The standard InChI is InChI=1S/C16H23NO2/c1-2-4-13(5-3-1)16(12-17-14-6-7-14)19-15-8-10-18-11-9-15/h1-5,14-17H,6-12H2. The first-order valence-electron chi connectivity index (χ1n) is 7.43. The van der Waals surface area contributed by atoms with E-state index in [9.17, 15) is 0 Å². The van der Waals surface area contributed by atoms with Gasteiger partial charge in [-0.3, -0.25) is 0 Å². The van der Waals surface area contributed by atoms with Gasteiger partial charge in [-0.1, -0.05) is 30.3 Å². The van der Waals surface area contributed by atoms with Crippen LogP contribution in [0.15, 0.2) is 30.3 Å². The van der Waals surface area contributed by atoms with Gasteiger partial charge < -0.3 is 14.8 Å². The number of hydrogen-bond acceptors (Lipinski definition) is 3. The summed E-state index contributed by atoms with van der Waals surface area (Å²) in [7, 11) is 0. The summed E-state index contributed by atoms with van der Waals surface area (Å²) >= 11 is 0. The van der Waals surface area contributed by atoms with Crippen molar-refractivity contribution < 1.29 is 9.47 Å². The molecule has 1 aliphatic heterocycles. The quantitative estimate of drug-likeness (QED) is 0.854. The molecule has 0 radical (unpaired) electrons. The first-order valence-corrected chi connectivity index (χ1v) is 7.43. The molecule has 2 fully saturated rings. The van der Waals surface area contributed by atoms with Crippen molar-refractivity contribution in [2.24, 2.45) is 0 Å². The van der Waals surface area contributed by atoms with Crippen LogP contribution in [-0.2, 0) is 9.47 Å². The van der Waals surface area contributed by atoms with E-state index in [1.807, 2.05) is 0 Å². The molecule has 1 saturated heterocycles. The maximum Gasteiger partial charge on any atom is 0.0953 e. The minimum atomic E-state index is 0.171. The molecule has 0 aromatic heterocycles. The molecule has 0 spiro atoms. The fourth-order valence-electron chi connectivity index (χ4n) is 2.52. The zero-order valence-corrected chi connectivity index (χ0v) is 11.4. The largest absolute Gasteiger partial charge is 0.381 e. The Morgan fingerprint density at radius 2 is 1.84 bits per heavy atom. The maximum absolute atomic E-state index is 6.31. The zero-order chi connectivity index (χ0) is 12.9. The van der Waals surface area contributed by atoms with Crippen LogP contribution in [0.25, 0.3) is 0 Å². The molecule has 19 heavy (non-hydrogen) atoms. The van der Waals surface area contributed by atoms with E-state index in [1.165, 1.54) is 18.4 Å². The van der Waals surface area contributed by atoms with Crippen LogP contribution in [0.2, 0.25) is 0 Å². The normalized spacial score (nSPS) is 22.3. The SMILES string of the molecule is c1ccc(C(CNC2CC2)OC2CCOCC2)cc1. The van der Waals surface area contributed by atoms with E-state index >= 15 is 0 Å². The Morgan fingerprint density at radius 3 is 2.53 bits per heavy atom. The summed E-state index contributed by atoms with van der Waals surface area (Å²) in [5, 5.41) is 3.59. The molecular formula is C16H23NO2. The number of rotatable bonds is 6. The molecule has 2 aliphatic rings. The molecule has 1 unspecified atom stereocenters. The fraction of sp³-hybridized carbons (Fsp3) is 0.625. The Balaban J connectivity index is 1.60. The molecule has 3 heteroatoms. The van der Waals surface area contributed by atoms with Crippen LogP contribution in [0, 0.1) is 0 Å². The first-order chi connectivity index (χ1) is 9.42. The average Bonchev–Trinajstić information content (AvgIpc) is 3.30. The molecule has 1 saturated carbocycles. The topological polar surface area (TPSA) is 30.5 Å². The third-order valence-electron chi connectivity index (χ3n) is 3.87. The van der Waals surface area contributed by atoms with Gasteiger partial charge in [-0.25, -0.2) is 0 Å². The Bertz CT molecular complexity index is 372. The Kier molecular flexibility index (Phi) is 4.49. The molecule has 1 aromatic carbocycles. The van der Waals surface area contributed by atoms with Crippen molar-refractivity contribution in [1.82, 2.24) is 5.32 Å². The minimum absolute atomic E-state index is 0.171. The first kappa shape index (κ1) is 13.1. The molecule has 1 heterocycles. The van der Waals surface area contributed by atoms with Gasteiger partial charge in [0.05, 0.1) is 12.2 Å². The van der Waals surface area contributed by atoms with Gasteiger partial charge in [-0.15, -0.1) is 0 Å². The summed E-state index contributed by atoms with van der Waals surface area (Å²) < 4.78 is 11.7. The van der Waals surface area contributed by atoms with Crippen molar-refractivity contribution in [3.63, 3.8) is 0 Å². The van der Waals surface area contributed by atoms with Gasteiger partial charge in [-0.05, 0) is 31.2 Å². The van der Waals surface area contributed by atoms with Gasteiger partial charge in [-0.2, -0.15) is 0 Å². The van der Waals surface area contributed by atoms with Crippen molar-refractivity contribution in [1.29, 1.82) is 0 Å². The molecule has 104 valence electrons. The monoisotopic (exact) mass is 261 g/mol. The van der Waals surface area contributed by atoms with Crippen LogP contribution < -0.4 is 5.32 Å². The number of hydrogen-bond donors (Lipinski definition) is 1. The predicted molar refractivity (Wildman–Crippen MR) is 75.1 cm³/mol. The van der Waals surface area contributed by atoms with Crippen molar-refractivity contribution in [3.8, 4) is 0 Å². The summed E-state index contributed by atoms with van der Waals surface area (Å²) in [6.07, 6.45) is 5.20. The maximum atomic E-state index is 6.31. The smallest absolute Gasteiger partial charge is 0.0953 e. The highest BCUT2D eigenvalue weighted by atomic mass is 16.5. The fourth-order valence-corrected chi connectivity index (χ4v) is 2.52. The minimum Gasteiger partial charge on any atom is -0.381 e.